The lowest BCUT2D eigenvalue weighted by atomic mass is 9.95. The van der Waals surface area contributed by atoms with Crippen LogP contribution in [-0.2, 0) is 4.79 Å². The molecule has 124 valence electrons. The van der Waals surface area contributed by atoms with Gasteiger partial charge in [-0.05, 0) is 37.4 Å². The highest BCUT2D eigenvalue weighted by atomic mass is 35.5. The first-order valence-electron chi connectivity index (χ1n) is 7.14. The van der Waals surface area contributed by atoms with Crippen molar-refractivity contribution in [1.82, 2.24) is 5.32 Å². The molecule has 1 saturated carbocycles. The van der Waals surface area contributed by atoms with E-state index < -0.39 is 6.10 Å². The Morgan fingerprint density at radius 3 is 2.59 bits per heavy atom. The lowest BCUT2D eigenvalue weighted by Gasteiger charge is -2.20. The zero-order valence-corrected chi connectivity index (χ0v) is 14.4. The van der Waals surface area contributed by atoms with Crippen molar-refractivity contribution in [2.75, 3.05) is 13.1 Å². The number of aliphatic hydroxyl groups is 1. The zero-order valence-electron chi connectivity index (χ0n) is 12.1. The van der Waals surface area contributed by atoms with Gasteiger partial charge in [0, 0.05) is 28.1 Å². The Kier molecular flexibility index (Phi) is 7.94. The summed E-state index contributed by atoms with van der Waals surface area (Å²) in [5.74, 6) is 0.139. The highest BCUT2D eigenvalue weighted by Gasteiger charge is 2.32. The highest BCUT2D eigenvalue weighted by Crippen LogP contribution is 2.32. The Hall–Kier alpha value is -0.520. The molecule has 1 unspecified atom stereocenters. The van der Waals surface area contributed by atoms with Gasteiger partial charge in [0.05, 0.1) is 6.10 Å². The Labute approximate surface area is 146 Å². The summed E-state index contributed by atoms with van der Waals surface area (Å²) >= 11 is 12.1. The number of carbonyl (C=O) groups is 1. The summed E-state index contributed by atoms with van der Waals surface area (Å²) in [6, 6.07) is 5.04. The summed E-state index contributed by atoms with van der Waals surface area (Å²) in [6.45, 7) is 0.618. The maximum atomic E-state index is 12.2. The summed E-state index contributed by atoms with van der Waals surface area (Å²) in [5, 5.41) is 13.8. The second-order valence-electron chi connectivity index (χ2n) is 5.43. The molecule has 0 aromatic heterocycles. The first-order chi connectivity index (χ1) is 10.0. The number of hydrogen-bond donors (Lipinski definition) is 3. The molecule has 0 radical (unpaired) electrons. The van der Waals surface area contributed by atoms with Crippen LogP contribution in [0.3, 0.4) is 0 Å². The third-order valence-electron chi connectivity index (χ3n) is 4.10. The van der Waals surface area contributed by atoms with E-state index in [1.807, 2.05) is 0 Å². The Morgan fingerprint density at radius 2 is 2.00 bits per heavy atom. The van der Waals surface area contributed by atoms with Crippen molar-refractivity contribution in [2.45, 2.75) is 25.4 Å². The van der Waals surface area contributed by atoms with Crippen LogP contribution in [0.4, 0.5) is 0 Å². The van der Waals surface area contributed by atoms with Gasteiger partial charge in [-0.2, -0.15) is 0 Å². The Bertz CT molecular complexity index is 493. The van der Waals surface area contributed by atoms with Gasteiger partial charge >= 0.3 is 0 Å². The number of benzene rings is 1. The molecular weight excluding hydrogens is 347 g/mol. The van der Waals surface area contributed by atoms with Crippen LogP contribution in [0.5, 0.6) is 0 Å². The van der Waals surface area contributed by atoms with Crippen molar-refractivity contribution in [2.24, 2.45) is 17.6 Å². The highest BCUT2D eigenvalue weighted by molar-refractivity contribution is 6.36. The van der Waals surface area contributed by atoms with Crippen molar-refractivity contribution in [3.05, 3.63) is 33.8 Å². The molecule has 4 nitrogen and oxygen atoms in total. The van der Waals surface area contributed by atoms with Crippen LogP contribution in [0, 0.1) is 11.8 Å². The summed E-state index contributed by atoms with van der Waals surface area (Å²) in [5.41, 5.74) is 6.13. The third-order valence-corrected chi connectivity index (χ3v) is 4.76. The molecular formula is C15H21Cl3N2O2. The molecule has 0 saturated heterocycles. The van der Waals surface area contributed by atoms with Gasteiger partial charge in [-0.15, -0.1) is 12.4 Å². The molecule has 0 heterocycles. The van der Waals surface area contributed by atoms with Crippen molar-refractivity contribution >= 4 is 41.5 Å². The van der Waals surface area contributed by atoms with Crippen LogP contribution in [-0.4, -0.2) is 24.1 Å². The minimum absolute atomic E-state index is 0. The second kappa shape index (κ2) is 8.94. The second-order valence-corrected chi connectivity index (χ2v) is 6.24. The number of carbonyl (C=O) groups excluding carboxylic acids is 1. The molecule has 1 aliphatic rings. The van der Waals surface area contributed by atoms with Crippen LogP contribution in [0.1, 0.15) is 30.9 Å². The molecule has 1 amide bonds. The summed E-state index contributed by atoms with van der Waals surface area (Å²) in [7, 11) is 0. The van der Waals surface area contributed by atoms with E-state index in [2.05, 4.69) is 5.32 Å². The molecule has 0 aliphatic heterocycles. The molecule has 1 aromatic carbocycles. The van der Waals surface area contributed by atoms with Crippen LogP contribution in [0.15, 0.2) is 18.2 Å². The summed E-state index contributed by atoms with van der Waals surface area (Å²) in [6.07, 6.45) is 1.95. The fourth-order valence-electron chi connectivity index (χ4n) is 2.92. The number of nitrogens with two attached hydrogens (primary N) is 1. The first-order valence-corrected chi connectivity index (χ1v) is 7.90. The number of hydrogen-bond acceptors (Lipinski definition) is 3. The van der Waals surface area contributed by atoms with Gasteiger partial charge in [-0.1, -0.05) is 35.7 Å². The van der Waals surface area contributed by atoms with Crippen molar-refractivity contribution in [1.29, 1.82) is 0 Å². The average molecular weight is 368 g/mol. The zero-order chi connectivity index (χ0) is 15.4. The van der Waals surface area contributed by atoms with Crippen LogP contribution >= 0.6 is 35.6 Å². The van der Waals surface area contributed by atoms with Crippen LogP contribution < -0.4 is 11.1 Å². The molecule has 2 rings (SSSR count). The summed E-state index contributed by atoms with van der Waals surface area (Å²) < 4.78 is 0. The maximum absolute atomic E-state index is 12.2. The lowest BCUT2D eigenvalue weighted by Crippen LogP contribution is -2.37. The van der Waals surface area contributed by atoms with Gasteiger partial charge in [-0.25, -0.2) is 0 Å². The molecule has 1 aromatic rings. The third kappa shape index (κ3) is 4.49. The average Bonchev–Trinajstić information content (AvgIpc) is 2.93. The standard InChI is InChI=1S/C15H20Cl2N2O2.ClH/c16-11-5-2-6-12(17)14(11)13(20)8-19-15(21)10-4-1-3-9(10)7-18;/h2,5-6,9-10,13,20H,1,3-4,7-8,18H2,(H,19,21);1H/t9-,10-,13?;/m1./s1. The van der Waals surface area contributed by atoms with Gasteiger partial charge in [0.1, 0.15) is 0 Å². The van der Waals surface area contributed by atoms with E-state index in [0.29, 0.717) is 22.2 Å². The molecule has 1 fully saturated rings. The van der Waals surface area contributed by atoms with Crippen molar-refractivity contribution in [3.63, 3.8) is 0 Å². The predicted molar refractivity (Wildman–Crippen MR) is 91.6 cm³/mol. The number of aliphatic hydroxyl groups excluding tert-OH is 1. The summed E-state index contributed by atoms with van der Waals surface area (Å²) in [4.78, 5) is 12.2. The van der Waals surface area contributed by atoms with E-state index in [1.165, 1.54) is 0 Å². The van der Waals surface area contributed by atoms with Gasteiger partial charge in [0.25, 0.3) is 0 Å². The lowest BCUT2D eigenvalue weighted by molar-refractivity contribution is -0.126. The maximum Gasteiger partial charge on any atom is 0.223 e. The first kappa shape index (κ1) is 19.5. The molecule has 7 heteroatoms. The van der Waals surface area contributed by atoms with E-state index in [-0.39, 0.29) is 36.7 Å². The van der Waals surface area contributed by atoms with Crippen molar-refractivity contribution in [3.8, 4) is 0 Å². The molecule has 0 spiro atoms. The number of halogens is 3. The molecule has 3 atom stereocenters. The van der Waals surface area contributed by atoms with E-state index in [1.54, 1.807) is 18.2 Å². The minimum Gasteiger partial charge on any atom is -0.386 e. The predicted octanol–water partition coefficient (Wildman–Crippen LogP) is 2.94. The van der Waals surface area contributed by atoms with Gasteiger partial charge < -0.3 is 16.2 Å². The fourth-order valence-corrected chi connectivity index (χ4v) is 3.57. The molecule has 0 bridgehead atoms. The van der Waals surface area contributed by atoms with Gasteiger partial charge in [0.15, 0.2) is 0 Å². The van der Waals surface area contributed by atoms with Gasteiger partial charge in [-0.3, -0.25) is 4.79 Å². The molecule has 1 aliphatic carbocycles. The van der Waals surface area contributed by atoms with Gasteiger partial charge in [0.2, 0.25) is 5.91 Å². The fraction of sp³-hybridized carbons (Fsp3) is 0.533. The van der Waals surface area contributed by atoms with E-state index in [9.17, 15) is 9.90 Å². The Morgan fingerprint density at radius 1 is 1.36 bits per heavy atom. The minimum atomic E-state index is -0.923. The number of nitrogens with one attached hydrogen (secondary N) is 1. The SMILES string of the molecule is Cl.NC[C@H]1CCC[C@H]1C(=O)NCC(O)c1c(Cl)cccc1Cl. The smallest absolute Gasteiger partial charge is 0.223 e. The van der Waals surface area contributed by atoms with E-state index in [0.717, 1.165) is 19.3 Å². The van der Waals surface area contributed by atoms with Crippen LogP contribution in [0.25, 0.3) is 0 Å². The quantitative estimate of drug-likeness (QED) is 0.749. The largest absolute Gasteiger partial charge is 0.386 e. The Balaban J connectivity index is 0.00000242. The van der Waals surface area contributed by atoms with Crippen molar-refractivity contribution < 1.29 is 9.90 Å². The molecule has 22 heavy (non-hydrogen) atoms. The topological polar surface area (TPSA) is 75.4 Å². The normalized spacial score (nSPS) is 22.0. The number of rotatable bonds is 5. The molecule has 4 N–H and O–H groups in total. The van der Waals surface area contributed by atoms with E-state index in [4.69, 9.17) is 28.9 Å². The number of amides is 1. The monoisotopic (exact) mass is 366 g/mol. The van der Waals surface area contributed by atoms with E-state index >= 15 is 0 Å². The van der Waals surface area contributed by atoms with Crippen LogP contribution in [0.2, 0.25) is 10.0 Å².